The number of halogens is 2. The standard InChI is InChI=1S/C17H20BrFN2/c1-3-9-20-12-13-10-14(18)7-8-17(13)21(2)16-6-4-5-15(19)11-16/h4-8,10-11,20H,3,9,12H2,1-2H3. The van der Waals surface area contributed by atoms with Crippen LogP contribution in [0.1, 0.15) is 18.9 Å². The minimum absolute atomic E-state index is 0.220. The van der Waals surface area contributed by atoms with Crippen molar-refractivity contribution in [2.45, 2.75) is 19.9 Å². The lowest BCUT2D eigenvalue weighted by molar-refractivity contribution is 0.628. The molecule has 0 aliphatic carbocycles. The van der Waals surface area contributed by atoms with Gasteiger partial charge in [0, 0.05) is 29.4 Å². The molecule has 0 aromatic heterocycles. The van der Waals surface area contributed by atoms with Gasteiger partial charge in [-0.1, -0.05) is 28.9 Å². The van der Waals surface area contributed by atoms with E-state index < -0.39 is 0 Å². The smallest absolute Gasteiger partial charge is 0.125 e. The van der Waals surface area contributed by atoms with Crippen LogP contribution in [0.25, 0.3) is 0 Å². The molecular formula is C17H20BrFN2. The van der Waals surface area contributed by atoms with Crippen molar-refractivity contribution in [3.05, 3.63) is 58.3 Å². The molecule has 0 saturated heterocycles. The second-order valence-corrected chi connectivity index (χ2v) is 5.90. The van der Waals surface area contributed by atoms with Crippen molar-refractivity contribution in [1.82, 2.24) is 5.32 Å². The number of nitrogens with one attached hydrogen (secondary N) is 1. The predicted octanol–water partition coefficient (Wildman–Crippen LogP) is 4.86. The fourth-order valence-corrected chi connectivity index (χ4v) is 2.66. The zero-order valence-corrected chi connectivity index (χ0v) is 14.0. The molecule has 0 saturated carbocycles. The van der Waals surface area contributed by atoms with Crippen LogP contribution in [0.4, 0.5) is 15.8 Å². The molecule has 0 amide bonds. The van der Waals surface area contributed by atoms with Crippen molar-refractivity contribution in [2.24, 2.45) is 0 Å². The van der Waals surface area contributed by atoms with Crippen LogP contribution in [0.2, 0.25) is 0 Å². The largest absolute Gasteiger partial charge is 0.344 e. The molecule has 4 heteroatoms. The summed E-state index contributed by atoms with van der Waals surface area (Å²) in [6.07, 6.45) is 1.10. The molecule has 0 aliphatic heterocycles. The normalized spacial score (nSPS) is 10.7. The Hall–Kier alpha value is -1.39. The maximum atomic E-state index is 13.4. The maximum absolute atomic E-state index is 13.4. The molecule has 0 atom stereocenters. The Morgan fingerprint density at radius 2 is 2.00 bits per heavy atom. The SMILES string of the molecule is CCCNCc1cc(Br)ccc1N(C)c1cccc(F)c1. The van der Waals surface area contributed by atoms with Gasteiger partial charge in [0.25, 0.3) is 0 Å². The fourth-order valence-electron chi connectivity index (χ4n) is 2.25. The van der Waals surface area contributed by atoms with Crippen molar-refractivity contribution in [2.75, 3.05) is 18.5 Å². The van der Waals surface area contributed by atoms with E-state index in [1.807, 2.05) is 24.1 Å². The van der Waals surface area contributed by atoms with Crippen LogP contribution in [0.3, 0.4) is 0 Å². The van der Waals surface area contributed by atoms with E-state index in [1.54, 1.807) is 12.1 Å². The van der Waals surface area contributed by atoms with Gasteiger partial charge in [0.1, 0.15) is 5.82 Å². The van der Waals surface area contributed by atoms with Crippen molar-refractivity contribution in [3.63, 3.8) is 0 Å². The minimum Gasteiger partial charge on any atom is -0.344 e. The van der Waals surface area contributed by atoms with Gasteiger partial charge in [-0.2, -0.15) is 0 Å². The van der Waals surface area contributed by atoms with Gasteiger partial charge in [0.15, 0.2) is 0 Å². The molecule has 21 heavy (non-hydrogen) atoms. The number of anilines is 2. The van der Waals surface area contributed by atoms with Gasteiger partial charge in [-0.05, 0) is 54.9 Å². The van der Waals surface area contributed by atoms with Gasteiger partial charge in [0.05, 0.1) is 0 Å². The van der Waals surface area contributed by atoms with Crippen LogP contribution in [0.5, 0.6) is 0 Å². The maximum Gasteiger partial charge on any atom is 0.125 e. The number of hydrogen-bond acceptors (Lipinski definition) is 2. The zero-order valence-electron chi connectivity index (χ0n) is 12.4. The Morgan fingerprint density at radius 1 is 1.19 bits per heavy atom. The van der Waals surface area contributed by atoms with Crippen molar-refractivity contribution in [1.29, 1.82) is 0 Å². The van der Waals surface area contributed by atoms with Crippen LogP contribution < -0.4 is 10.2 Å². The van der Waals surface area contributed by atoms with Gasteiger partial charge in [-0.3, -0.25) is 0 Å². The quantitative estimate of drug-likeness (QED) is 0.748. The monoisotopic (exact) mass is 350 g/mol. The Kier molecular flexibility index (Phi) is 5.76. The highest BCUT2D eigenvalue weighted by molar-refractivity contribution is 9.10. The van der Waals surface area contributed by atoms with Crippen LogP contribution in [-0.2, 0) is 6.54 Å². The average Bonchev–Trinajstić information content (AvgIpc) is 2.47. The van der Waals surface area contributed by atoms with E-state index in [1.165, 1.54) is 11.6 Å². The summed E-state index contributed by atoms with van der Waals surface area (Å²) in [5.74, 6) is -0.220. The summed E-state index contributed by atoms with van der Waals surface area (Å²) in [5, 5.41) is 3.42. The highest BCUT2D eigenvalue weighted by Crippen LogP contribution is 2.29. The van der Waals surface area contributed by atoms with E-state index in [0.717, 1.165) is 35.4 Å². The first-order valence-corrected chi connectivity index (χ1v) is 7.89. The summed E-state index contributed by atoms with van der Waals surface area (Å²) >= 11 is 3.52. The Balaban J connectivity index is 2.29. The summed E-state index contributed by atoms with van der Waals surface area (Å²) in [5.41, 5.74) is 3.10. The molecule has 0 bridgehead atoms. The van der Waals surface area contributed by atoms with E-state index in [-0.39, 0.29) is 5.82 Å². The second-order valence-electron chi connectivity index (χ2n) is 4.99. The third-order valence-corrected chi connectivity index (χ3v) is 3.83. The second kappa shape index (κ2) is 7.57. The van der Waals surface area contributed by atoms with Crippen molar-refractivity contribution >= 4 is 27.3 Å². The van der Waals surface area contributed by atoms with E-state index in [9.17, 15) is 4.39 Å². The van der Waals surface area contributed by atoms with E-state index in [2.05, 4.69) is 40.3 Å². The van der Waals surface area contributed by atoms with Gasteiger partial charge < -0.3 is 10.2 Å². The summed E-state index contributed by atoms with van der Waals surface area (Å²) in [4.78, 5) is 2.01. The molecular weight excluding hydrogens is 331 g/mol. The Bertz CT molecular complexity index is 601. The van der Waals surface area contributed by atoms with Gasteiger partial charge >= 0.3 is 0 Å². The lowest BCUT2D eigenvalue weighted by Crippen LogP contribution is -2.18. The fraction of sp³-hybridized carbons (Fsp3) is 0.294. The first-order chi connectivity index (χ1) is 10.1. The van der Waals surface area contributed by atoms with E-state index >= 15 is 0 Å². The molecule has 2 rings (SSSR count). The number of hydrogen-bond donors (Lipinski definition) is 1. The lowest BCUT2D eigenvalue weighted by atomic mass is 10.1. The first kappa shape index (κ1) is 16.0. The Labute approximate surface area is 134 Å². The summed E-state index contributed by atoms with van der Waals surface area (Å²) in [6.45, 7) is 3.92. The highest BCUT2D eigenvalue weighted by Gasteiger charge is 2.10. The highest BCUT2D eigenvalue weighted by atomic mass is 79.9. The van der Waals surface area contributed by atoms with Gasteiger partial charge in [-0.15, -0.1) is 0 Å². The molecule has 2 nitrogen and oxygen atoms in total. The van der Waals surface area contributed by atoms with E-state index in [4.69, 9.17) is 0 Å². The molecule has 0 fully saturated rings. The summed E-state index contributed by atoms with van der Waals surface area (Å²) < 4.78 is 14.5. The van der Waals surface area contributed by atoms with Crippen LogP contribution in [0, 0.1) is 5.82 Å². The number of benzene rings is 2. The Morgan fingerprint density at radius 3 is 2.71 bits per heavy atom. The van der Waals surface area contributed by atoms with Crippen LogP contribution in [0.15, 0.2) is 46.9 Å². The molecule has 2 aromatic rings. The topological polar surface area (TPSA) is 15.3 Å². The van der Waals surface area contributed by atoms with Crippen LogP contribution >= 0.6 is 15.9 Å². The number of rotatable bonds is 6. The molecule has 0 spiro atoms. The third kappa shape index (κ3) is 4.29. The molecule has 0 radical (unpaired) electrons. The van der Waals surface area contributed by atoms with Crippen LogP contribution in [-0.4, -0.2) is 13.6 Å². The molecule has 0 aliphatic rings. The first-order valence-electron chi connectivity index (χ1n) is 7.10. The summed E-state index contributed by atoms with van der Waals surface area (Å²) in [6, 6.07) is 12.8. The molecule has 0 heterocycles. The van der Waals surface area contributed by atoms with Gasteiger partial charge in [-0.25, -0.2) is 4.39 Å². The molecule has 0 unspecified atom stereocenters. The molecule has 2 aromatic carbocycles. The molecule has 112 valence electrons. The minimum atomic E-state index is -0.220. The molecule has 1 N–H and O–H groups in total. The number of nitrogens with zero attached hydrogens (tertiary/aromatic N) is 1. The average molecular weight is 351 g/mol. The third-order valence-electron chi connectivity index (χ3n) is 3.34. The lowest BCUT2D eigenvalue weighted by Gasteiger charge is -2.23. The van der Waals surface area contributed by atoms with Crippen molar-refractivity contribution < 1.29 is 4.39 Å². The zero-order chi connectivity index (χ0) is 15.2. The summed E-state index contributed by atoms with van der Waals surface area (Å²) in [7, 11) is 1.96. The van der Waals surface area contributed by atoms with Gasteiger partial charge in [0.2, 0.25) is 0 Å². The predicted molar refractivity (Wildman–Crippen MR) is 90.6 cm³/mol. The van der Waals surface area contributed by atoms with E-state index in [0.29, 0.717) is 0 Å². The van der Waals surface area contributed by atoms with Crippen molar-refractivity contribution in [3.8, 4) is 0 Å².